The average Bonchev–Trinajstić information content (AvgIpc) is 2.56. The summed E-state index contributed by atoms with van der Waals surface area (Å²) in [5, 5.41) is 9.21. The zero-order valence-corrected chi connectivity index (χ0v) is 8.65. The molecule has 1 aliphatic carbocycles. The Bertz CT molecular complexity index is 448. The zero-order chi connectivity index (χ0) is 11.0. The predicted octanol–water partition coefficient (Wildman–Crippen LogP) is 0.248. The highest BCUT2D eigenvalue weighted by molar-refractivity contribution is 7.46. The molecule has 2 unspecified atom stereocenters. The molecule has 0 aromatic heterocycles. The van der Waals surface area contributed by atoms with E-state index >= 15 is 0 Å². The monoisotopic (exact) mass is 224 g/mol. The molecule has 1 aromatic carbocycles. The van der Waals surface area contributed by atoms with Gasteiger partial charge in [-0.15, -0.1) is 0 Å². The molecule has 5 heteroatoms. The summed E-state index contributed by atoms with van der Waals surface area (Å²) in [6, 6.07) is 7.02. The molecule has 0 heterocycles. The van der Waals surface area contributed by atoms with E-state index in [1.807, 2.05) is 0 Å². The van der Waals surface area contributed by atoms with E-state index in [4.69, 9.17) is 10.00 Å². The lowest BCUT2D eigenvalue weighted by Gasteiger charge is -2.04. The van der Waals surface area contributed by atoms with Crippen LogP contribution in [0.1, 0.15) is 17.0 Å². The van der Waals surface area contributed by atoms with Crippen molar-refractivity contribution in [2.75, 3.05) is 0 Å². The van der Waals surface area contributed by atoms with Crippen molar-refractivity contribution < 1.29 is 19.7 Å². The van der Waals surface area contributed by atoms with Crippen LogP contribution in [0, 0.1) is 0 Å². The number of carboxylic acid groups (broad SMARTS) is 1. The van der Waals surface area contributed by atoms with Gasteiger partial charge in [0.1, 0.15) is 11.2 Å². The highest BCUT2D eigenvalue weighted by Gasteiger charge is 2.38. The van der Waals surface area contributed by atoms with Gasteiger partial charge in [0.25, 0.3) is 0 Å². The van der Waals surface area contributed by atoms with Crippen molar-refractivity contribution in [3.05, 3.63) is 35.4 Å². The lowest BCUT2D eigenvalue weighted by Crippen LogP contribution is -2.18. The molecular formula is C10H9O4P. The molecular weight excluding hydrogens is 215 g/mol. The first-order valence-corrected chi connectivity index (χ1v) is 5.65. The maximum atomic E-state index is 11.0. The van der Waals surface area contributed by atoms with Crippen molar-refractivity contribution in [1.29, 1.82) is 0 Å². The number of fused-ring (bicyclic) bond motifs is 1. The molecule has 2 atom stereocenters. The quantitative estimate of drug-likeness (QED) is 0.670. The standard InChI is InChI=1S/C10H9O4P/c11-10(12)9-7-4-2-1-3-6(7)5-8(9)15(13)14/h1-4,9H,5H2,(H,11,12)(H,13,14). The van der Waals surface area contributed by atoms with Crippen molar-refractivity contribution in [2.24, 2.45) is 0 Å². The van der Waals surface area contributed by atoms with Crippen LogP contribution in [0.5, 0.6) is 0 Å². The van der Waals surface area contributed by atoms with E-state index in [1.165, 1.54) is 0 Å². The lowest BCUT2D eigenvalue weighted by atomic mass is 10.0. The largest absolute Gasteiger partial charge is 0.603 e. The molecule has 0 spiro atoms. The maximum absolute atomic E-state index is 11.0. The normalized spacial score (nSPS) is 22.4. The molecule has 2 N–H and O–H groups in total. The molecule has 2 rings (SSSR count). The van der Waals surface area contributed by atoms with Gasteiger partial charge in [-0.1, -0.05) is 24.3 Å². The summed E-state index contributed by atoms with van der Waals surface area (Å²) >= 11 is 0. The minimum atomic E-state index is -2.53. The van der Waals surface area contributed by atoms with E-state index in [-0.39, 0.29) is 5.29 Å². The molecule has 4 nitrogen and oxygen atoms in total. The first kappa shape index (κ1) is 10.3. The van der Waals surface area contributed by atoms with E-state index in [0.717, 1.165) is 5.56 Å². The van der Waals surface area contributed by atoms with Gasteiger partial charge >= 0.3 is 5.97 Å². The van der Waals surface area contributed by atoms with Crippen LogP contribution < -0.4 is 4.89 Å². The van der Waals surface area contributed by atoms with Gasteiger partial charge in [0.15, 0.2) is 0 Å². The Balaban J connectivity index is 2.57. The van der Waals surface area contributed by atoms with Crippen molar-refractivity contribution in [2.45, 2.75) is 12.3 Å². The van der Waals surface area contributed by atoms with E-state index < -0.39 is 19.9 Å². The summed E-state index contributed by atoms with van der Waals surface area (Å²) in [4.78, 5) is 31.1. The number of rotatable bonds is 1. The molecule has 78 valence electrons. The van der Waals surface area contributed by atoms with Crippen molar-refractivity contribution in [1.82, 2.24) is 0 Å². The number of carbonyl (C=O) groups is 1. The van der Waals surface area contributed by atoms with Crippen LogP contribution in [0.15, 0.2) is 24.3 Å². The first-order valence-electron chi connectivity index (χ1n) is 4.43. The lowest BCUT2D eigenvalue weighted by molar-refractivity contribution is -0.168. The fourth-order valence-corrected chi connectivity index (χ4v) is 2.68. The van der Waals surface area contributed by atoms with E-state index in [0.29, 0.717) is 12.0 Å². The maximum Gasteiger partial charge on any atom is 0.319 e. The molecule has 0 aliphatic heterocycles. The fourth-order valence-electron chi connectivity index (χ4n) is 1.91. The number of hydrogen-bond donors (Lipinski definition) is 2. The van der Waals surface area contributed by atoms with Gasteiger partial charge in [-0.05, 0) is 11.1 Å². The van der Waals surface area contributed by atoms with Crippen molar-refractivity contribution in [3.8, 4) is 0 Å². The predicted molar refractivity (Wildman–Crippen MR) is 54.7 cm³/mol. The molecule has 15 heavy (non-hydrogen) atoms. The average molecular weight is 224 g/mol. The number of benzene rings is 1. The van der Waals surface area contributed by atoms with Crippen LogP contribution in [0.4, 0.5) is 0 Å². The number of aliphatic carboxylic acids is 1. The molecule has 0 bridgehead atoms. The minimum Gasteiger partial charge on any atom is -0.603 e. The second-order valence-corrected chi connectivity index (χ2v) is 4.53. The van der Waals surface area contributed by atoms with E-state index in [1.54, 1.807) is 24.3 Å². The Kier molecular flexibility index (Phi) is 2.57. The highest BCUT2D eigenvalue weighted by atomic mass is 31.1. The molecule has 0 amide bonds. The molecule has 1 aromatic rings. The zero-order valence-electron chi connectivity index (χ0n) is 7.75. The minimum absolute atomic E-state index is 0.193. The van der Waals surface area contributed by atoms with Crippen molar-refractivity contribution >= 4 is 19.3 Å². The van der Waals surface area contributed by atoms with Crippen LogP contribution in [-0.2, 0) is 11.2 Å². The van der Waals surface area contributed by atoms with Crippen LogP contribution in [0.3, 0.4) is 0 Å². The molecule has 0 saturated heterocycles. The van der Waals surface area contributed by atoms with Gasteiger partial charge in [0.2, 0.25) is 8.00 Å². The third-order valence-electron chi connectivity index (χ3n) is 2.56. The second-order valence-electron chi connectivity index (χ2n) is 3.41. The van der Waals surface area contributed by atoms with Gasteiger partial charge in [0, 0.05) is 6.42 Å². The molecule has 0 saturated carbocycles. The molecule has 0 radical (unpaired) electrons. The number of hydrogen-bond acceptors (Lipinski definition) is 3. The van der Waals surface area contributed by atoms with Gasteiger partial charge in [0.05, 0.1) is 0 Å². The van der Waals surface area contributed by atoms with Gasteiger partial charge in [-0.25, -0.2) is 0 Å². The molecule has 1 aliphatic rings. The summed E-state index contributed by atoms with van der Waals surface area (Å²) in [5.41, 5.74) is 1.47. The summed E-state index contributed by atoms with van der Waals surface area (Å²) in [6.07, 6.45) is 0.291. The summed E-state index contributed by atoms with van der Waals surface area (Å²) < 4.78 is 0. The Morgan fingerprint density at radius 2 is 2.13 bits per heavy atom. The Morgan fingerprint density at radius 1 is 1.47 bits per heavy atom. The number of carboxylic acids is 1. The topological polar surface area (TPSA) is 80.6 Å². The Morgan fingerprint density at radius 3 is 2.73 bits per heavy atom. The Hall–Kier alpha value is -1.22. The third kappa shape index (κ3) is 1.67. The van der Waals surface area contributed by atoms with Crippen molar-refractivity contribution in [3.63, 3.8) is 0 Å². The third-order valence-corrected chi connectivity index (χ3v) is 3.47. The smallest absolute Gasteiger partial charge is 0.319 e. The summed E-state index contributed by atoms with van der Waals surface area (Å²) in [5.74, 6) is -1.98. The van der Waals surface area contributed by atoms with Crippen LogP contribution in [-0.4, -0.2) is 21.3 Å². The summed E-state index contributed by atoms with van der Waals surface area (Å²) in [7, 11) is -2.53. The second kappa shape index (κ2) is 3.74. The van der Waals surface area contributed by atoms with E-state index in [9.17, 15) is 9.69 Å². The van der Waals surface area contributed by atoms with Gasteiger partial charge in [-0.3, -0.25) is 4.79 Å². The van der Waals surface area contributed by atoms with Gasteiger partial charge < -0.3 is 10.00 Å². The van der Waals surface area contributed by atoms with E-state index in [2.05, 4.69) is 0 Å². The van der Waals surface area contributed by atoms with Crippen LogP contribution in [0.25, 0.3) is 0 Å². The van der Waals surface area contributed by atoms with Crippen LogP contribution >= 0.6 is 8.00 Å². The fraction of sp³-hybridized carbons (Fsp3) is 0.200. The Labute approximate surface area is 87.4 Å². The van der Waals surface area contributed by atoms with Gasteiger partial charge in [-0.2, -0.15) is 4.89 Å². The summed E-state index contributed by atoms with van der Waals surface area (Å²) in [6.45, 7) is 0. The first-order chi connectivity index (χ1) is 7.11. The highest BCUT2D eigenvalue weighted by Crippen LogP contribution is 2.35. The van der Waals surface area contributed by atoms with Crippen LogP contribution in [0.2, 0.25) is 0 Å². The molecule has 0 fully saturated rings. The SMILES string of the molecule is O=C(O)C1/C(=[P+](/[O-])O)Cc2ccccc21.